The van der Waals surface area contributed by atoms with Gasteiger partial charge in [-0.3, -0.25) is 0 Å². The predicted octanol–water partition coefficient (Wildman–Crippen LogP) is 2.89. The lowest BCUT2D eigenvalue weighted by molar-refractivity contribution is 0.132. The molecule has 2 nitrogen and oxygen atoms in total. The molecule has 0 amide bonds. The van der Waals surface area contributed by atoms with E-state index in [9.17, 15) is 13.9 Å². The Morgan fingerprint density at radius 1 is 1.32 bits per heavy atom. The van der Waals surface area contributed by atoms with Gasteiger partial charge in [0.2, 0.25) is 0 Å². The van der Waals surface area contributed by atoms with Crippen LogP contribution >= 0.6 is 0 Å². The van der Waals surface area contributed by atoms with Gasteiger partial charge in [0.1, 0.15) is 11.6 Å². The van der Waals surface area contributed by atoms with E-state index in [0.29, 0.717) is 13.0 Å². The van der Waals surface area contributed by atoms with Gasteiger partial charge in [-0.2, -0.15) is 0 Å². The minimum absolute atomic E-state index is 0.0520. The smallest absolute Gasteiger partial charge is 0.129 e. The molecule has 2 atom stereocenters. The average Bonchev–Trinajstić information content (AvgIpc) is 2.40. The molecule has 2 N–H and O–H groups in total. The van der Waals surface area contributed by atoms with Crippen molar-refractivity contribution in [2.75, 3.05) is 13.2 Å². The summed E-state index contributed by atoms with van der Waals surface area (Å²) in [6.07, 6.45) is 1.14. The van der Waals surface area contributed by atoms with Gasteiger partial charge in [-0.15, -0.1) is 0 Å². The van der Waals surface area contributed by atoms with Crippen molar-refractivity contribution < 1.29 is 13.9 Å². The van der Waals surface area contributed by atoms with Crippen LogP contribution in [0.1, 0.15) is 32.8 Å². The number of benzene rings is 1. The molecule has 1 aromatic carbocycles. The molecule has 2 unspecified atom stereocenters. The third kappa shape index (κ3) is 4.55. The number of hydrogen-bond donors (Lipinski definition) is 2. The van der Waals surface area contributed by atoms with Crippen LogP contribution in [0.5, 0.6) is 0 Å². The van der Waals surface area contributed by atoms with Gasteiger partial charge < -0.3 is 10.4 Å². The summed E-state index contributed by atoms with van der Waals surface area (Å²) < 4.78 is 27.0. The minimum Gasteiger partial charge on any atom is -0.396 e. The average molecular weight is 271 g/mol. The zero-order chi connectivity index (χ0) is 14.5. The van der Waals surface area contributed by atoms with Gasteiger partial charge in [-0.1, -0.05) is 19.9 Å². The second kappa shape index (κ2) is 6.96. The number of rotatable bonds is 7. The highest BCUT2D eigenvalue weighted by Crippen LogP contribution is 2.19. The maximum absolute atomic E-state index is 13.5. The molecule has 0 aliphatic carbocycles. The Labute approximate surface area is 113 Å². The van der Waals surface area contributed by atoms with Crippen molar-refractivity contribution in [1.29, 1.82) is 0 Å². The Bertz CT molecular complexity index is 385. The lowest BCUT2D eigenvalue weighted by Gasteiger charge is -2.28. The van der Waals surface area contributed by atoms with Crippen molar-refractivity contribution in [3.63, 3.8) is 0 Å². The zero-order valence-electron chi connectivity index (χ0n) is 11.8. The third-order valence-corrected chi connectivity index (χ3v) is 3.68. The molecule has 0 fully saturated rings. The van der Waals surface area contributed by atoms with E-state index in [1.54, 1.807) is 0 Å². The molecule has 0 spiro atoms. The minimum atomic E-state index is -0.505. The lowest BCUT2D eigenvalue weighted by Crippen LogP contribution is -2.39. The number of nitrogens with one attached hydrogen (secondary N) is 1. The molecule has 1 aromatic rings. The van der Waals surface area contributed by atoms with Crippen molar-refractivity contribution >= 4 is 0 Å². The molecule has 19 heavy (non-hydrogen) atoms. The maximum atomic E-state index is 13.5. The van der Waals surface area contributed by atoms with Crippen LogP contribution < -0.4 is 5.32 Å². The van der Waals surface area contributed by atoms with Crippen LogP contribution in [0.25, 0.3) is 0 Å². The van der Waals surface area contributed by atoms with E-state index in [0.717, 1.165) is 6.42 Å². The standard InChI is InChI=1S/C15H23F2NO/c1-4-15(3,10-19)9-18-11(2)8-12-13(16)6-5-7-14(12)17/h5-7,11,18-19H,4,8-10H2,1-3H3. The van der Waals surface area contributed by atoms with Gasteiger partial charge in [0.15, 0.2) is 0 Å². The van der Waals surface area contributed by atoms with E-state index in [1.165, 1.54) is 18.2 Å². The van der Waals surface area contributed by atoms with Crippen LogP contribution in [0.3, 0.4) is 0 Å². The number of aliphatic hydroxyl groups excluding tert-OH is 1. The predicted molar refractivity (Wildman–Crippen MR) is 73.0 cm³/mol. The van der Waals surface area contributed by atoms with E-state index in [2.05, 4.69) is 5.32 Å². The highest BCUT2D eigenvalue weighted by molar-refractivity contribution is 5.20. The molecule has 0 heterocycles. The summed E-state index contributed by atoms with van der Waals surface area (Å²) in [4.78, 5) is 0. The fourth-order valence-corrected chi connectivity index (χ4v) is 1.82. The molecule has 0 aliphatic rings. The van der Waals surface area contributed by atoms with Gasteiger partial charge in [-0.05, 0) is 31.9 Å². The summed E-state index contributed by atoms with van der Waals surface area (Å²) >= 11 is 0. The van der Waals surface area contributed by atoms with Crippen molar-refractivity contribution in [3.05, 3.63) is 35.4 Å². The molecular formula is C15H23F2NO. The highest BCUT2D eigenvalue weighted by atomic mass is 19.1. The van der Waals surface area contributed by atoms with E-state index in [1.807, 2.05) is 20.8 Å². The van der Waals surface area contributed by atoms with Crippen LogP contribution in [0.4, 0.5) is 8.78 Å². The number of hydrogen-bond acceptors (Lipinski definition) is 2. The summed E-state index contributed by atoms with van der Waals surface area (Å²) in [6, 6.07) is 3.86. The van der Waals surface area contributed by atoms with E-state index >= 15 is 0 Å². The molecule has 0 saturated carbocycles. The molecular weight excluding hydrogens is 248 g/mol. The normalized spacial score (nSPS) is 16.1. The van der Waals surface area contributed by atoms with Gasteiger partial charge >= 0.3 is 0 Å². The summed E-state index contributed by atoms with van der Waals surface area (Å²) in [5, 5.41) is 12.6. The first-order valence-corrected chi connectivity index (χ1v) is 6.69. The van der Waals surface area contributed by atoms with Crippen molar-refractivity contribution in [2.45, 2.75) is 39.7 Å². The molecule has 108 valence electrons. The Morgan fingerprint density at radius 3 is 2.37 bits per heavy atom. The molecule has 0 saturated heterocycles. The highest BCUT2D eigenvalue weighted by Gasteiger charge is 2.22. The van der Waals surface area contributed by atoms with Gasteiger partial charge in [-0.25, -0.2) is 8.78 Å². The lowest BCUT2D eigenvalue weighted by atomic mass is 9.88. The topological polar surface area (TPSA) is 32.3 Å². The van der Waals surface area contributed by atoms with Crippen LogP contribution in [0, 0.1) is 17.0 Å². The van der Waals surface area contributed by atoms with E-state index < -0.39 is 11.6 Å². The first-order chi connectivity index (χ1) is 8.91. The molecule has 0 aliphatic heterocycles. The Morgan fingerprint density at radius 2 is 1.89 bits per heavy atom. The van der Waals surface area contributed by atoms with Gasteiger partial charge in [0, 0.05) is 30.2 Å². The van der Waals surface area contributed by atoms with Crippen LogP contribution in [0.2, 0.25) is 0 Å². The zero-order valence-corrected chi connectivity index (χ0v) is 11.8. The van der Waals surface area contributed by atoms with Gasteiger partial charge in [0.25, 0.3) is 0 Å². The summed E-state index contributed by atoms with van der Waals surface area (Å²) in [7, 11) is 0. The number of aliphatic hydroxyl groups is 1. The molecule has 0 aromatic heterocycles. The van der Waals surface area contributed by atoms with Crippen LogP contribution in [-0.2, 0) is 6.42 Å². The Kier molecular flexibility index (Phi) is 5.88. The fraction of sp³-hybridized carbons (Fsp3) is 0.600. The van der Waals surface area contributed by atoms with Crippen molar-refractivity contribution in [2.24, 2.45) is 5.41 Å². The SMILES string of the molecule is CCC(C)(CO)CNC(C)Cc1c(F)cccc1F. The maximum Gasteiger partial charge on any atom is 0.129 e. The summed E-state index contributed by atoms with van der Waals surface area (Å²) in [6.45, 7) is 6.60. The summed E-state index contributed by atoms with van der Waals surface area (Å²) in [5.41, 5.74) is -0.0770. The van der Waals surface area contributed by atoms with Crippen molar-refractivity contribution in [1.82, 2.24) is 5.32 Å². The quantitative estimate of drug-likeness (QED) is 0.799. The van der Waals surface area contributed by atoms with Gasteiger partial charge in [0.05, 0.1) is 0 Å². The Hall–Kier alpha value is -1.00. The van der Waals surface area contributed by atoms with Crippen LogP contribution in [0.15, 0.2) is 18.2 Å². The molecule has 1 rings (SSSR count). The first kappa shape index (κ1) is 16.1. The van der Waals surface area contributed by atoms with E-state index in [4.69, 9.17) is 0 Å². The monoisotopic (exact) mass is 271 g/mol. The number of halogens is 2. The third-order valence-electron chi connectivity index (χ3n) is 3.68. The fourth-order valence-electron chi connectivity index (χ4n) is 1.82. The second-order valence-electron chi connectivity index (χ2n) is 5.51. The van der Waals surface area contributed by atoms with Crippen molar-refractivity contribution in [3.8, 4) is 0 Å². The molecule has 0 radical (unpaired) electrons. The van der Waals surface area contributed by atoms with E-state index in [-0.39, 0.29) is 23.6 Å². The van der Waals surface area contributed by atoms with Crippen LogP contribution in [-0.4, -0.2) is 24.3 Å². The molecule has 4 heteroatoms. The molecule has 0 bridgehead atoms. The summed E-state index contributed by atoms with van der Waals surface area (Å²) in [5.74, 6) is -1.01. The first-order valence-electron chi connectivity index (χ1n) is 6.69. The Balaban J connectivity index is 2.59. The second-order valence-corrected chi connectivity index (χ2v) is 5.51. The largest absolute Gasteiger partial charge is 0.396 e.